The number of rotatable bonds is 2. The van der Waals surface area contributed by atoms with Crippen molar-refractivity contribution in [1.82, 2.24) is 0 Å². The highest BCUT2D eigenvalue weighted by Gasteiger charge is 2.42. The molecule has 0 aromatic carbocycles. The minimum absolute atomic E-state index is 0.321. The normalized spacial score (nSPS) is 44.7. The van der Waals surface area contributed by atoms with E-state index >= 15 is 0 Å². The summed E-state index contributed by atoms with van der Waals surface area (Å²) in [6.45, 7) is -0.321. The topological polar surface area (TPSA) is 79.2 Å². The summed E-state index contributed by atoms with van der Waals surface area (Å²) in [5, 5.41) is 26.9. The molecule has 1 aliphatic heterocycles. The molecule has 0 aromatic rings. The molecule has 1 aliphatic rings. The second-order valence-corrected chi connectivity index (χ2v) is 2.44. The Balaban J connectivity index is 2.53. The maximum Gasteiger partial charge on any atom is 0.186 e. The Bertz CT molecular complexity index is 110. The Morgan fingerprint density at radius 3 is 2.27 bits per heavy atom. The average Bonchev–Trinajstić information content (AvgIpc) is 2.30. The van der Waals surface area contributed by atoms with Crippen molar-refractivity contribution in [3.05, 3.63) is 0 Å². The van der Waals surface area contributed by atoms with Crippen LogP contribution in [0, 0.1) is 0 Å². The molecule has 5 nitrogen and oxygen atoms in total. The van der Waals surface area contributed by atoms with Crippen LogP contribution in [0.2, 0.25) is 0 Å². The lowest BCUT2D eigenvalue weighted by atomic mass is 10.1. The van der Waals surface area contributed by atoms with Gasteiger partial charge in [0.1, 0.15) is 18.3 Å². The summed E-state index contributed by atoms with van der Waals surface area (Å²) in [6.07, 6.45) is -3.71. The van der Waals surface area contributed by atoms with E-state index in [1.165, 1.54) is 7.11 Å². The van der Waals surface area contributed by atoms with Crippen molar-refractivity contribution in [2.24, 2.45) is 0 Å². The number of hydrogen-bond acceptors (Lipinski definition) is 5. The summed E-state index contributed by atoms with van der Waals surface area (Å²) in [6, 6.07) is 0. The number of aliphatic hydroxyl groups excluding tert-OH is 3. The van der Waals surface area contributed by atoms with Crippen LogP contribution < -0.4 is 0 Å². The number of ether oxygens (including phenoxy) is 2. The zero-order chi connectivity index (χ0) is 8.43. The summed E-state index contributed by atoms with van der Waals surface area (Å²) in [7, 11) is 1.36. The van der Waals surface area contributed by atoms with Gasteiger partial charge in [0.25, 0.3) is 0 Å². The van der Waals surface area contributed by atoms with E-state index < -0.39 is 24.6 Å². The van der Waals surface area contributed by atoms with E-state index in [9.17, 15) is 0 Å². The zero-order valence-electron chi connectivity index (χ0n) is 6.17. The molecular formula is C6H12O5. The van der Waals surface area contributed by atoms with Gasteiger partial charge in [0.2, 0.25) is 0 Å². The molecule has 66 valence electrons. The van der Waals surface area contributed by atoms with Crippen LogP contribution in [0.1, 0.15) is 0 Å². The van der Waals surface area contributed by atoms with Crippen molar-refractivity contribution in [3.8, 4) is 0 Å². The third-order valence-corrected chi connectivity index (χ3v) is 1.73. The first-order chi connectivity index (χ1) is 5.20. The molecule has 0 aliphatic carbocycles. The number of hydrogen-bond donors (Lipinski definition) is 3. The third kappa shape index (κ3) is 1.52. The zero-order valence-corrected chi connectivity index (χ0v) is 6.17. The lowest BCUT2D eigenvalue weighted by molar-refractivity contribution is -0.153. The van der Waals surface area contributed by atoms with Gasteiger partial charge in [-0.1, -0.05) is 0 Å². The van der Waals surface area contributed by atoms with Crippen molar-refractivity contribution in [1.29, 1.82) is 0 Å². The van der Waals surface area contributed by atoms with Gasteiger partial charge < -0.3 is 24.8 Å². The van der Waals surface area contributed by atoms with Gasteiger partial charge in [-0.2, -0.15) is 0 Å². The quantitative estimate of drug-likeness (QED) is 0.443. The first kappa shape index (κ1) is 8.89. The van der Waals surface area contributed by atoms with Crippen LogP contribution in [-0.2, 0) is 9.47 Å². The molecule has 0 aromatic heterocycles. The van der Waals surface area contributed by atoms with Crippen LogP contribution in [0.15, 0.2) is 0 Å². The monoisotopic (exact) mass is 164 g/mol. The lowest BCUT2D eigenvalue weighted by Crippen LogP contribution is -2.34. The van der Waals surface area contributed by atoms with E-state index in [4.69, 9.17) is 20.1 Å². The van der Waals surface area contributed by atoms with Crippen molar-refractivity contribution in [2.75, 3.05) is 13.7 Å². The first-order valence-electron chi connectivity index (χ1n) is 3.36. The molecule has 2 unspecified atom stereocenters. The Hall–Kier alpha value is -0.200. The Morgan fingerprint density at radius 1 is 1.36 bits per heavy atom. The summed E-state index contributed by atoms with van der Waals surface area (Å²) in [5.74, 6) is 0. The summed E-state index contributed by atoms with van der Waals surface area (Å²) in [4.78, 5) is 0. The lowest BCUT2D eigenvalue weighted by Gasteiger charge is -2.11. The van der Waals surface area contributed by atoms with Gasteiger partial charge in [0.05, 0.1) is 6.61 Å². The van der Waals surface area contributed by atoms with Crippen LogP contribution in [0.25, 0.3) is 0 Å². The van der Waals surface area contributed by atoms with Gasteiger partial charge in [-0.25, -0.2) is 0 Å². The van der Waals surface area contributed by atoms with Crippen molar-refractivity contribution < 1.29 is 24.8 Å². The third-order valence-electron chi connectivity index (χ3n) is 1.73. The molecule has 1 saturated heterocycles. The molecule has 3 N–H and O–H groups in total. The molecule has 5 heteroatoms. The predicted octanol–water partition coefficient (Wildman–Crippen LogP) is -1.93. The molecule has 0 amide bonds. The molecule has 0 radical (unpaired) electrons. The van der Waals surface area contributed by atoms with Gasteiger partial charge in [0.15, 0.2) is 6.29 Å². The molecule has 0 bridgehead atoms. The summed E-state index contributed by atoms with van der Waals surface area (Å²) in [5.41, 5.74) is 0. The number of aliphatic hydroxyl groups is 3. The minimum atomic E-state index is -1.07. The Kier molecular flexibility index (Phi) is 2.80. The Labute approximate surface area is 64.2 Å². The highest BCUT2D eigenvalue weighted by Crippen LogP contribution is 2.20. The van der Waals surface area contributed by atoms with Crippen LogP contribution in [-0.4, -0.2) is 53.6 Å². The predicted molar refractivity (Wildman–Crippen MR) is 34.8 cm³/mol. The number of methoxy groups -OCH3 is 1. The molecule has 1 heterocycles. The van der Waals surface area contributed by atoms with Gasteiger partial charge in [0, 0.05) is 7.11 Å². The average molecular weight is 164 g/mol. The molecule has 0 saturated carbocycles. The van der Waals surface area contributed by atoms with Crippen LogP contribution in [0.4, 0.5) is 0 Å². The van der Waals surface area contributed by atoms with E-state index in [1.54, 1.807) is 0 Å². The van der Waals surface area contributed by atoms with Gasteiger partial charge >= 0.3 is 0 Å². The molecule has 1 rings (SSSR count). The fourth-order valence-electron chi connectivity index (χ4n) is 1.06. The maximum atomic E-state index is 9.15. The smallest absolute Gasteiger partial charge is 0.186 e. The van der Waals surface area contributed by atoms with Gasteiger partial charge in [-0.15, -0.1) is 0 Å². The fourth-order valence-corrected chi connectivity index (χ4v) is 1.06. The Morgan fingerprint density at radius 2 is 2.00 bits per heavy atom. The largest absolute Gasteiger partial charge is 0.394 e. The minimum Gasteiger partial charge on any atom is -0.394 e. The van der Waals surface area contributed by atoms with Gasteiger partial charge in [-0.05, 0) is 0 Å². The van der Waals surface area contributed by atoms with Crippen molar-refractivity contribution in [2.45, 2.75) is 24.6 Å². The van der Waals surface area contributed by atoms with E-state index in [-0.39, 0.29) is 6.61 Å². The molecular weight excluding hydrogens is 152 g/mol. The fraction of sp³-hybridized carbons (Fsp3) is 1.00. The van der Waals surface area contributed by atoms with Crippen LogP contribution >= 0.6 is 0 Å². The van der Waals surface area contributed by atoms with E-state index in [1.807, 2.05) is 0 Å². The summed E-state index contributed by atoms with van der Waals surface area (Å²) < 4.78 is 9.59. The van der Waals surface area contributed by atoms with E-state index in [0.29, 0.717) is 0 Å². The van der Waals surface area contributed by atoms with Crippen LogP contribution in [0.3, 0.4) is 0 Å². The molecule has 1 fully saturated rings. The second kappa shape index (κ2) is 3.46. The molecule has 11 heavy (non-hydrogen) atoms. The molecule has 4 atom stereocenters. The van der Waals surface area contributed by atoms with E-state index in [0.717, 1.165) is 0 Å². The van der Waals surface area contributed by atoms with Crippen LogP contribution in [0.5, 0.6) is 0 Å². The van der Waals surface area contributed by atoms with Crippen molar-refractivity contribution >= 4 is 0 Å². The van der Waals surface area contributed by atoms with Gasteiger partial charge in [-0.3, -0.25) is 0 Å². The van der Waals surface area contributed by atoms with Crippen molar-refractivity contribution in [3.63, 3.8) is 0 Å². The second-order valence-electron chi connectivity index (χ2n) is 2.44. The SMILES string of the molecule is CO[C@@H]1O[C@@H](CO)C(O)C1O. The highest BCUT2D eigenvalue weighted by molar-refractivity contribution is 4.85. The molecule has 0 spiro atoms. The highest BCUT2D eigenvalue weighted by atomic mass is 16.7. The standard InChI is InChI=1S/C6H12O5/c1-10-6-5(9)4(8)3(2-7)11-6/h3-9H,2H2,1H3/t3-,4?,5?,6+/m0/s1. The first-order valence-corrected chi connectivity index (χ1v) is 3.36. The van der Waals surface area contributed by atoms with E-state index in [2.05, 4.69) is 4.74 Å². The maximum absolute atomic E-state index is 9.15. The summed E-state index contributed by atoms with van der Waals surface area (Å²) >= 11 is 0.